The Balaban J connectivity index is 1.88. The van der Waals surface area contributed by atoms with E-state index in [0.717, 1.165) is 18.4 Å². The maximum absolute atomic E-state index is 11.1. The van der Waals surface area contributed by atoms with Crippen molar-refractivity contribution in [1.29, 1.82) is 0 Å². The van der Waals surface area contributed by atoms with Gasteiger partial charge in [-0.3, -0.25) is 0 Å². The van der Waals surface area contributed by atoms with Gasteiger partial charge in [-0.25, -0.2) is 4.79 Å². The lowest BCUT2D eigenvalue weighted by atomic mass is 9.85. The molecule has 25 heavy (non-hydrogen) atoms. The van der Waals surface area contributed by atoms with Crippen LogP contribution in [0.4, 0.5) is 4.79 Å². The average Bonchev–Trinajstić information content (AvgIpc) is 2.76. The van der Waals surface area contributed by atoms with Crippen molar-refractivity contribution in [2.24, 2.45) is 11.3 Å². The van der Waals surface area contributed by atoms with E-state index in [2.05, 4.69) is 75.5 Å². The van der Waals surface area contributed by atoms with Crippen molar-refractivity contribution in [1.82, 2.24) is 5.32 Å². The number of amides is 1. The average molecular weight is 337 g/mol. The molecule has 2 aromatic carbocycles. The third-order valence-corrected chi connectivity index (χ3v) is 5.08. The van der Waals surface area contributed by atoms with Crippen LogP contribution >= 0.6 is 0 Å². The Hall–Kier alpha value is -2.29. The van der Waals surface area contributed by atoms with Crippen LogP contribution in [0.1, 0.15) is 50.4 Å². The summed E-state index contributed by atoms with van der Waals surface area (Å²) in [4.78, 5) is 11.1. The van der Waals surface area contributed by atoms with E-state index in [4.69, 9.17) is 5.11 Å². The molecular formula is C22H27NO2. The van der Waals surface area contributed by atoms with Gasteiger partial charge in [0.05, 0.1) is 6.04 Å². The monoisotopic (exact) mass is 337 g/mol. The highest BCUT2D eigenvalue weighted by Crippen LogP contribution is 2.46. The summed E-state index contributed by atoms with van der Waals surface area (Å²) in [6, 6.07) is 15.1. The van der Waals surface area contributed by atoms with Crippen molar-refractivity contribution >= 4 is 6.09 Å². The van der Waals surface area contributed by atoms with Gasteiger partial charge in [0.2, 0.25) is 0 Å². The number of fused-ring (bicyclic) bond motifs is 1. The summed E-state index contributed by atoms with van der Waals surface area (Å²) in [7, 11) is 0. The summed E-state index contributed by atoms with van der Waals surface area (Å²) in [5.41, 5.74) is 6.01. The van der Waals surface area contributed by atoms with Gasteiger partial charge >= 0.3 is 6.09 Å². The minimum atomic E-state index is -0.962. The summed E-state index contributed by atoms with van der Waals surface area (Å²) >= 11 is 0. The minimum absolute atomic E-state index is 0.111. The molecule has 3 rings (SSSR count). The standard InChI is InChI=1S/C22H27NO2/c1-14(2)11-15-5-7-16(8-6-15)17-9-10-19-18(12-17)13-22(3,4)20(19)23-21(24)25/h5-10,12,14,20,23H,11,13H2,1-4H3,(H,24,25). The van der Waals surface area contributed by atoms with Crippen LogP contribution < -0.4 is 5.32 Å². The first-order valence-corrected chi connectivity index (χ1v) is 8.98. The molecule has 3 nitrogen and oxygen atoms in total. The van der Waals surface area contributed by atoms with Crippen molar-refractivity contribution in [2.45, 2.75) is 46.6 Å². The maximum Gasteiger partial charge on any atom is 0.405 e. The zero-order valence-electron chi connectivity index (χ0n) is 15.5. The molecule has 1 aliphatic carbocycles. The van der Waals surface area contributed by atoms with Gasteiger partial charge in [0.1, 0.15) is 0 Å². The Kier molecular flexibility index (Phi) is 4.59. The summed E-state index contributed by atoms with van der Waals surface area (Å²) in [6.45, 7) is 8.71. The molecule has 2 N–H and O–H groups in total. The van der Waals surface area contributed by atoms with Crippen LogP contribution in [0.3, 0.4) is 0 Å². The van der Waals surface area contributed by atoms with Gasteiger partial charge in [0.25, 0.3) is 0 Å². The van der Waals surface area contributed by atoms with Crippen molar-refractivity contribution in [3.63, 3.8) is 0 Å². The molecule has 0 bridgehead atoms. The van der Waals surface area contributed by atoms with E-state index < -0.39 is 6.09 Å². The summed E-state index contributed by atoms with van der Waals surface area (Å²) in [5, 5.41) is 11.8. The number of carbonyl (C=O) groups is 1. The van der Waals surface area contributed by atoms with Gasteiger partial charge in [-0.1, -0.05) is 70.2 Å². The quantitative estimate of drug-likeness (QED) is 0.780. The van der Waals surface area contributed by atoms with Gasteiger partial charge in [-0.15, -0.1) is 0 Å². The zero-order chi connectivity index (χ0) is 18.2. The van der Waals surface area contributed by atoms with Gasteiger partial charge < -0.3 is 10.4 Å². The van der Waals surface area contributed by atoms with Crippen LogP contribution in [0, 0.1) is 11.3 Å². The first kappa shape index (κ1) is 17.5. The molecule has 1 unspecified atom stereocenters. The van der Waals surface area contributed by atoms with Crippen LogP contribution in [0.15, 0.2) is 42.5 Å². The van der Waals surface area contributed by atoms with Crippen LogP contribution in [0.5, 0.6) is 0 Å². The number of benzene rings is 2. The van der Waals surface area contributed by atoms with E-state index >= 15 is 0 Å². The van der Waals surface area contributed by atoms with Crippen molar-refractivity contribution < 1.29 is 9.90 Å². The molecule has 3 heteroatoms. The van der Waals surface area contributed by atoms with Crippen molar-refractivity contribution in [3.8, 4) is 11.1 Å². The SMILES string of the molecule is CC(C)Cc1ccc(-c2ccc3c(c2)CC(C)(C)C3NC(=O)O)cc1. The molecule has 1 aliphatic rings. The third kappa shape index (κ3) is 3.71. The highest BCUT2D eigenvalue weighted by molar-refractivity contribution is 5.68. The van der Waals surface area contributed by atoms with E-state index in [1.54, 1.807) is 0 Å². The molecule has 1 atom stereocenters. The molecule has 0 saturated carbocycles. The molecule has 2 aromatic rings. The fourth-order valence-corrected chi connectivity index (χ4v) is 3.94. The Bertz CT molecular complexity index is 775. The fourth-order valence-electron chi connectivity index (χ4n) is 3.94. The predicted molar refractivity (Wildman–Crippen MR) is 102 cm³/mol. The number of hydrogen-bond donors (Lipinski definition) is 2. The lowest BCUT2D eigenvalue weighted by Gasteiger charge is -2.27. The van der Waals surface area contributed by atoms with E-state index in [0.29, 0.717) is 5.92 Å². The summed E-state index contributed by atoms with van der Waals surface area (Å²) in [5.74, 6) is 0.659. The van der Waals surface area contributed by atoms with E-state index in [1.165, 1.54) is 22.3 Å². The van der Waals surface area contributed by atoms with Crippen LogP contribution in [-0.4, -0.2) is 11.2 Å². The Morgan fingerprint density at radius 2 is 1.80 bits per heavy atom. The first-order valence-electron chi connectivity index (χ1n) is 8.98. The maximum atomic E-state index is 11.1. The number of rotatable bonds is 4. The predicted octanol–water partition coefficient (Wildman–Crippen LogP) is 5.44. The van der Waals surface area contributed by atoms with Gasteiger partial charge in [0.15, 0.2) is 0 Å². The Morgan fingerprint density at radius 3 is 2.40 bits per heavy atom. The molecule has 0 aliphatic heterocycles. The Morgan fingerprint density at radius 1 is 1.16 bits per heavy atom. The van der Waals surface area contributed by atoms with E-state index in [-0.39, 0.29) is 11.5 Å². The summed E-state index contributed by atoms with van der Waals surface area (Å²) < 4.78 is 0. The Labute approximate surface area is 150 Å². The van der Waals surface area contributed by atoms with Gasteiger partial charge in [-0.2, -0.15) is 0 Å². The van der Waals surface area contributed by atoms with Crippen LogP contribution in [-0.2, 0) is 12.8 Å². The minimum Gasteiger partial charge on any atom is -0.465 e. The highest BCUT2D eigenvalue weighted by Gasteiger charge is 2.39. The topological polar surface area (TPSA) is 49.3 Å². The van der Waals surface area contributed by atoms with E-state index in [9.17, 15) is 4.79 Å². The zero-order valence-corrected chi connectivity index (χ0v) is 15.5. The van der Waals surface area contributed by atoms with Crippen molar-refractivity contribution in [2.75, 3.05) is 0 Å². The van der Waals surface area contributed by atoms with Gasteiger partial charge in [-0.05, 0) is 52.0 Å². The lowest BCUT2D eigenvalue weighted by Crippen LogP contribution is -2.34. The molecule has 0 spiro atoms. The molecule has 132 valence electrons. The molecule has 0 aromatic heterocycles. The molecule has 0 radical (unpaired) electrons. The lowest BCUT2D eigenvalue weighted by molar-refractivity contribution is 0.175. The van der Waals surface area contributed by atoms with Gasteiger partial charge in [0, 0.05) is 0 Å². The van der Waals surface area contributed by atoms with E-state index in [1.807, 2.05) is 0 Å². The molecular weight excluding hydrogens is 310 g/mol. The van der Waals surface area contributed by atoms with Crippen molar-refractivity contribution in [3.05, 3.63) is 59.2 Å². The smallest absolute Gasteiger partial charge is 0.405 e. The second kappa shape index (κ2) is 6.55. The molecule has 0 saturated heterocycles. The van der Waals surface area contributed by atoms with Crippen LogP contribution in [0.2, 0.25) is 0 Å². The molecule has 1 amide bonds. The fraction of sp³-hybridized carbons (Fsp3) is 0.409. The normalized spacial score (nSPS) is 18.2. The largest absolute Gasteiger partial charge is 0.465 e. The number of nitrogens with one attached hydrogen (secondary N) is 1. The summed E-state index contributed by atoms with van der Waals surface area (Å²) in [6.07, 6.45) is 1.02. The third-order valence-electron chi connectivity index (χ3n) is 5.08. The number of carboxylic acid groups (broad SMARTS) is 1. The molecule has 0 fully saturated rings. The van der Waals surface area contributed by atoms with Crippen LogP contribution in [0.25, 0.3) is 11.1 Å². The second-order valence-corrected chi connectivity index (χ2v) is 8.26. The number of hydrogen-bond acceptors (Lipinski definition) is 1. The molecule has 0 heterocycles. The highest BCUT2D eigenvalue weighted by atomic mass is 16.4. The first-order chi connectivity index (χ1) is 11.8. The second-order valence-electron chi connectivity index (χ2n) is 8.26.